The van der Waals surface area contributed by atoms with E-state index in [1.54, 1.807) is 0 Å². The van der Waals surface area contributed by atoms with Gasteiger partial charge in [0.15, 0.2) is 0 Å². The maximum atomic E-state index is 5.14. The maximum absolute atomic E-state index is 5.14. The first kappa shape index (κ1) is 12.4. The van der Waals surface area contributed by atoms with Gasteiger partial charge in [0.25, 0.3) is 0 Å². The molecule has 0 amide bonds. The zero-order valence-electron chi connectivity index (χ0n) is 6.99. The molecule has 0 aliphatic heterocycles. The van der Waals surface area contributed by atoms with Crippen LogP contribution in [0.15, 0.2) is 0 Å². The van der Waals surface area contributed by atoms with E-state index in [1.807, 2.05) is 6.55 Å². The van der Waals surface area contributed by atoms with Crippen LogP contribution in [0.25, 0.3) is 0 Å². The van der Waals surface area contributed by atoms with Gasteiger partial charge in [0, 0.05) is 5.60 Å². The lowest BCUT2D eigenvalue weighted by atomic mass is 10.2. The Balaban J connectivity index is 0. The molecule has 0 heterocycles. The molecule has 0 saturated carbocycles. The van der Waals surface area contributed by atoms with Crippen molar-refractivity contribution in [1.82, 2.24) is 0 Å². The summed E-state index contributed by atoms with van der Waals surface area (Å²) >= 11 is 5.14. The van der Waals surface area contributed by atoms with Crippen LogP contribution in [0.3, 0.4) is 0 Å². The van der Waals surface area contributed by atoms with Gasteiger partial charge in [-0.25, -0.2) is 0 Å². The highest BCUT2D eigenvalue weighted by Gasteiger charge is 2.03. The molecule has 0 spiro atoms. The van der Waals surface area contributed by atoms with Crippen molar-refractivity contribution in [2.45, 2.75) is 32.9 Å². The number of halogens is 1. The molecule has 0 aromatic heterocycles. The summed E-state index contributed by atoms with van der Waals surface area (Å²) in [5.74, 6) is 0. The summed E-state index contributed by atoms with van der Waals surface area (Å²) in [6, 6.07) is 0. The Morgan fingerprint density at radius 3 is 1.56 bits per heavy atom. The van der Waals surface area contributed by atoms with Crippen LogP contribution < -0.4 is 0 Å². The zero-order valence-corrected chi connectivity index (χ0v) is 11.2. The SMILES string of the molecule is CC(C)(C)O[SiH3].C[SiH2]Cl. The Kier molecular flexibility index (Phi) is 9.34. The lowest BCUT2D eigenvalue weighted by Gasteiger charge is -2.15. The quantitative estimate of drug-likeness (QED) is 0.392. The molecule has 0 aromatic rings. The molecule has 0 N–H and O–H groups in total. The van der Waals surface area contributed by atoms with Gasteiger partial charge >= 0.3 is 0 Å². The summed E-state index contributed by atoms with van der Waals surface area (Å²) in [4.78, 5) is 0. The van der Waals surface area contributed by atoms with Crippen LogP contribution in [-0.2, 0) is 4.43 Å². The topological polar surface area (TPSA) is 9.23 Å². The summed E-state index contributed by atoms with van der Waals surface area (Å²) in [7, 11) is 0.737. The van der Waals surface area contributed by atoms with Crippen LogP contribution in [0.2, 0.25) is 6.55 Å². The Bertz CT molecular complexity index is 53.4. The molecule has 1 nitrogen and oxygen atoms in total. The molecule has 9 heavy (non-hydrogen) atoms. The Labute approximate surface area is 68.2 Å². The first-order valence-electron chi connectivity index (χ1n) is 3.09. The lowest BCUT2D eigenvalue weighted by Crippen LogP contribution is -2.16. The molecule has 0 aliphatic carbocycles. The van der Waals surface area contributed by atoms with E-state index in [4.69, 9.17) is 15.5 Å². The van der Waals surface area contributed by atoms with Crippen molar-refractivity contribution in [1.29, 1.82) is 0 Å². The highest BCUT2D eigenvalue weighted by Crippen LogP contribution is 2.01. The van der Waals surface area contributed by atoms with Crippen LogP contribution in [0.5, 0.6) is 0 Å². The van der Waals surface area contributed by atoms with Crippen LogP contribution in [0.1, 0.15) is 20.8 Å². The average Bonchev–Trinajstić information content (AvgIpc) is 1.67. The van der Waals surface area contributed by atoms with Gasteiger partial charge < -0.3 is 4.43 Å². The second kappa shape index (κ2) is 6.80. The van der Waals surface area contributed by atoms with E-state index < -0.39 is 0 Å². The highest BCUT2D eigenvalue weighted by atomic mass is 35.6. The Hall–Kier alpha value is 0.684. The molecule has 0 bridgehead atoms. The first-order valence-corrected chi connectivity index (χ1v) is 7.46. The van der Waals surface area contributed by atoms with Gasteiger partial charge in [-0.3, -0.25) is 0 Å². The highest BCUT2D eigenvalue weighted by molar-refractivity contribution is 6.92. The van der Waals surface area contributed by atoms with Crippen LogP contribution >= 0.6 is 11.1 Å². The average molecular weight is 185 g/mol. The van der Waals surface area contributed by atoms with Crippen molar-refractivity contribution in [2.24, 2.45) is 0 Å². The summed E-state index contributed by atoms with van der Waals surface area (Å²) in [6.07, 6.45) is 0. The van der Waals surface area contributed by atoms with E-state index in [0.717, 1.165) is 10.5 Å². The fraction of sp³-hybridized carbons (Fsp3) is 1.00. The molecule has 0 saturated heterocycles. The van der Waals surface area contributed by atoms with Crippen LogP contribution in [0.4, 0.5) is 0 Å². The Morgan fingerprint density at radius 2 is 1.56 bits per heavy atom. The molecular formula is C5H17ClOSi2. The standard InChI is InChI=1S/C4H12OSi.CH5ClSi/c1-4(2,3)5-6;1-3-2/h1-3,6H3;3H2,1H3. The predicted molar refractivity (Wildman–Crippen MR) is 51.0 cm³/mol. The fourth-order valence-electron chi connectivity index (χ4n) is 0. The minimum absolute atomic E-state index is 0.103. The van der Waals surface area contributed by atoms with Gasteiger partial charge in [-0.2, -0.15) is 11.1 Å². The molecule has 4 heteroatoms. The zero-order chi connectivity index (χ0) is 7.91. The molecule has 0 radical (unpaired) electrons. The van der Waals surface area contributed by atoms with E-state index in [9.17, 15) is 0 Å². The summed E-state index contributed by atoms with van der Waals surface area (Å²) in [5.41, 5.74) is 0.103. The summed E-state index contributed by atoms with van der Waals surface area (Å²) in [5, 5.41) is 0. The van der Waals surface area contributed by atoms with Gasteiger partial charge in [-0.05, 0) is 20.8 Å². The molecule has 0 unspecified atom stereocenters. The molecule has 0 aromatic carbocycles. The summed E-state index contributed by atoms with van der Waals surface area (Å²) < 4.78 is 5.08. The molecule has 0 atom stereocenters. The third-order valence-corrected chi connectivity index (χ3v) is 1.84. The van der Waals surface area contributed by atoms with Crippen molar-refractivity contribution >= 4 is 30.4 Å². The normalized spacial score (nSPS) is 11.7. The largest absolute Gasteiger partial charge is 0.423 e. The minimum Gasteiger partial charge on any atom is -0.423 e. The van der Waals surface area contributed by atoms with Crippen LogP contribution in [0, 0.1) is 0 Å². The number of rotatable bonds is 0. The van der Waals surface area contributed by atoms with E-state index >= 15 is 0 Å². The smallest absolute Gasteiger partial charge is 0.146 e. The maximum Gasteiger partial charge on any atom is 0.146 e. The summed E-state index contributed by atoms with van der Waals surface area (Å²) in [6.45, 7) is 8.20. The van der Waals surface area contributed by atoms with E-state index in [1.165, 1.54) is 0 Å². The Morgan fingerprint density at radius 1 is 1.44 bits per heavy atom. The third kappa shape index (κ3) is 28.6. The van der Waals surface area contributed by atoms with Crippen molar-refractivity contribution in [3.05, 3.63) is 0 Å². The van der Waals surface area contributed by atoms with Gasteiger partial charge in [-0.1, -0.05) is 6.55 Å². The van der Waals surface area contributed by atoms with Gasteiger partial charge in [0.1, 0.15) is 19.3 Å². The van der Waals surface area contributed by atoms with Gasteiger partial charge in [0.05, 0.1) is 0 Å². The molecule has 0 fully saturated rings. The third-order valence-electron chi connectivity index (χ3n) is 0.612. The predicted octanol–water partition coefficient (Wildman–Crippen LogP) is 0.439. The van der Waals surface area contributed by atoms with Crippen molar-refractivity contribution in [3.63, 3.8) is 0 Å². The lowest BCUT2D eigenvalue weighted by molar-refractivity contribution is 0.147. The first-order chi connectivity index (χ1) is 3.97. The van der Waals surface area contributed by atoms with E-state index in [-0.39, 0.29) is 14.4 Å². The molecule has 0 aliphatic rings. The second-order valence-corrected chi connectivity index (χ2v) is 5.13. The molecule has 0 rings (SSSR count). The molecular weight excluding hydrogens is 168 g/mol. The number of hydrogen-bond acceptors (Lipinski definition) is 1. The second-order valence-electron chi connectivity index (χ2n) is 2.58. The van der Waals surface area contributed by atoms with Gasteiger partial charge in [-0.15, -0.1) is 0 Å². The van der Waals surface area contributed by atoms with Crippen molar-refractivity contribution < 1.29 is 4.43 Å². The minimum atomic E-state index is -0.111. The van der Waals surface area contributed by atoms with Crippen molar-refractivity contribution in [3.8, 4) is 0 Å². The fourth-order valence-corrected chi connectivity index (χ4v) is 0. The van der Waals surface area contributed by atoms with Crippen molar-refractivity contribution in [2.75, 3.05) is 0 Å². The number of hydrogen-bond donors (Lipinski definition) is 0. The van der Waals surface area contributed by atoms with E-state index in [2.05, 4.69) is 20.8 Å². The monoisotopic (exact) mass is 184 g/mol. The molecule has 58 valence electrons. The van der Waals surface area contributed by atoms with Gasteiger partial charge in [0.2, 0.25) is 0 Å². The van der Waals surface area contributed by atoms with E-state index in [0.29, 0.717) is 0 Å². The van der Waals surface area contributed by atoms with Crippen LogP contribution in [-0.4, -0.2) is 24.9 Å².